The van der Waals surface area contributed by atoms with E-state index in [1.165, 1.54) is 6.07 Å². The number of aromatic nitrogens is 2. The number of hydrogen-bond acceptors (Lipinski definition) is 11. The third-order valence-electron chi connectivity index (χ3n) is 12.8. The Labute approximate surface area is 352 Å². The van der Waals surface area contributed by atoms with E-state index in [4.69, 9.17) is 11.3 Å². The van der Waals surface area contributed by atoms with E-state index in [1.807, 2.05) is 35.2 Å². The van der Waals surface area contributed by atoms with Crippen molar-refractivity contribution < 1.29 is 33.1 Å². The fraction of sp³-hybridized carbons (Fsp3) is 0.422. The highest BCUT2D eigenvalue weighted by molar-refractivity contribution is 6.23. The largest absolute Gasteiger partial charge is 0.490 e. The first-order valence-electron chi connectivity index (χ1n) is 21.1. The Hall–Kier alpha value is -6.47. The molecule has 4 aromatic rings. The van der Waals surface area contributed by atoms with Gasteiger partial charge in [0, 0.05) is 76.1 Å². The molecule has 2 aromatic carbocycles. The molecule has 0 radical (unpaired) electrons. The van der Waals surface area contributed by atoms with Gasteiger partial charge in [-0.05, 0) is 93.3 Å². The predicted molar refractivity (Wildman–Crippen MR) is 223 cm³/mol. The molecule has 1 atom stereocenters. The fourth-order valence-electron chi connectivity index (χ4n) is 9.41. The van der Waals surface area contributed by atoms with Gasteiger partial charge in [0.25, 0.3) is 17.7 Å². The van der Waals surface area contributed by atoms with E-state index in [-0.39, 0.29) is 47.7 Å². The quantitative estimate of drug-likeness (QED) is 0.175. The van der Waals surface area contributed by atoms with Gasteiger partial charge in [-0.15, -0.1) is 0 Å². The van der Waals surface area contributed by atoms with Crippen LogP contribution in [0.2, 0.25) is 0 Å². The molecule has 1 saturated carbocycles. The topological polar surface area (TPSA) is 162 Å². The number of fused-ring (bicyclic) bond motifs is 2. The molecule has 1 unspecified atom stereocenters. The number of carbonyl (C=O) groups is 5. The van der Waals surface area contributed by atoms with Crippen LogP contribution in [0.3, 0.4) is 0 Å². The maximum absolute atomic E-state index is 15.4. The summed E-state index contributed by atoms with van der Waals surface area (Å²) >= 11 is 0. The minimum Gasteiger partial charge on any atom is -0.490 e. The highest BCUT2D eigenvalue weighted by Gasteiger charge is 2.45. The van der Waals surface area contributed by atoms with Crippen LogP contribution >= 0.6 is 0 Å². The van der Waals surface area contributed by atoms with Gasteiger partial charge in [0.2, 0.25) is 17.5 Å². The fourth-order valence-corrected chi connectivity index (χ4v) is 9.41. The van der Waals surface area contributed by atoms with Gasteiger partial charge in [0.05, 0.1) is 40.6 Å². The Bertz CT molecular complexity index is 2430. The van der Waals surface area contributed by atoms with E-state index in [2.05, 4.69) is 35.2 Å². The number of piperazine rings is 1. The molecule has 4 fully saturated rings. The second-order valence-corrected chi connectivity index (χ2v) is 16.6. The number of piperidine rings is 2. The molecule has 0 bridgehead atoms. The van der Waals surface area contributed by atoms with Crippen LogP contribution in [0, 0.1) is 18.3 Å². The van der Waals surface area contributed by atoms with Crippen LogP contribution in [0.4, 0.5) is 21.6 Å². The van der Waals surface area contributed by atoms with Crippen molar-refractivity contribution in [3.8, 4) is 5.75 Å². The molecule has 9 rings (SSSR count). The summed E-state index contributed by atoms with van der Waals surface area (Å²) < 4.78 is 21.8. The zero-order chi connectivity index (χ0) is 42.2. The summed E-state index contributed by atoms with van der Waals surface area (Å²) in [6.07, 6.45) is 8.62. The van der Waals surface area contributed by atoms with E-state index >= 15 is 4.39 Å². The normalized spacial score (nSPS) is 22.6. The number of pyridine rings is 2. The molecule has 1 aliphatic carbocycles. The van der Waals surface area contributed by atoms with Crippen LogP contribution in [0.25, 0.3) is 15.7 Å². The average Bonchev–Trinajstić information content (AvgIpc) is 3.51. The number of hydrogen-bond donors (Lipinski definition) is 2. The van der Waals surface area contributed by atoms with E-state index < -0.39 is 35.5 Å². The number of halogens is 1. The lowest BCUT2D eigenvalue weighted by molar-refractivity contribution is -0.136. The van der Waals surface area contributed by atoms with Crippen LogP contribution in [-0.2, 0) is 9.59 Å². The van der Waals surface area contributed by atoms with Crippen LogP contribution in [0.1, 0.15) is 82.4 Å². The molecule has 2 aromatic heterocycles. The Morgan fingerprint density at radius 3 is 2.33 bits per heavy atom. The highest BCUT2D eigenvalue weighted by atomic mass is 19.1. The Morgan fingerprint density at radius 2 is 1.62 bits per heavy atom. The van der Waals surface area contributed by atoms with Crippen molar-refractivity contribution in [3.63, 3.8) is 0 Å². The molecule has 4 aliphatic heterocycles. The minimum absolute atomic E-state index is 0.0157. The zero-order valence-corrected chi connectivity index (χ0v) is 33.6. The van der Waals surface area contributed by atoms with Crippen LogP contribution in [0.5, 0.6) is 5.75 Å². The lowest BCUT2D eigenvalue weighted by atomic mass is 9.92. The van der Waals surface area contributed by atoms with Crippen molar-refractivity contribution in [2.24, 2.45) is 5.92 Å². The second-order valence-electron chi connectivity index (χ2n) is 16.6. The number of rotatable bonds is 9. The number of imide groups is 2. The molecule has 5 aliphatic rings. The molecular weight excluding hydrogens is 782 g/mol. The van der Waals surface area contributed by atoms with Gasteiger partial charge in [-0.1, -0.05) is 6.07 Å². The summed E-state index contributed by atoms with van der Waals surface area (Å²) in [7, 11) is 0. The first-order valence-corrected chi connectivity index (χ1v) is 21.1. The number of carbonyl (C=O) groups excluding carboxylic acids is 5. The average molecular weight is 828 g/mol. The third-order valence-corrected chi connectivity index (χ3v) is 12.8. The smallest absolute Gasteiger partial charge is 0.262 e. The molecule has 6 heterocycles. The first-order chi connectivity index (χ1) is 29.6. The van der Waals surface area contributed by atoms with Crippen molar-refractivity contribution in [2.45, 2.75) is 69.6 Å². The van der Waals surface area contributed by atoms with Gasteiger partial charge < -0.3 is 19.9 Å². The van der Waals surface area contributed by atoms with Crippen molar-refractivity contribution in [3.05, 3.63) is 94.8 Å². The van der Waals surface area contributed by atoms with E-state index in [1.54, 1.807) is 18.5 Å². The van der Waals surface area contributed by atoms with Gasteiger partial charge in [0.1, 0.15) is 23.4 Å². The molecule has 16 heteroatoms. The van der Waals surface area contributed by atoms with Crippen molar-refractivity contribution >= 4 is 57.6 Å². The molecule has 5 amide bonds. The number of nitrogens with zero attached hydrogens (tertiary/aromatic N) is 7. The maximum Gasteiger partial charge on any atom is 0.262 e. The number of amides is 5. The number of anilines is 2. The number of benzene rings is 2. The summed E-state index contributed by atoms with van der Waals surface area (Å²) in [6, 6.07) is 12.6. The molecule has 3 saturated heterocycles. The SMILES string of the molecule is [C-]#[N+]c1ccc(OC2CCC(NC(=O)c3ccc(N4CCC(CN5CCN(c6cc7c(cc6F)C(=O)N(C6CCC(=O)NC6=O)C7=O)CC5)CC4)nc3)CC2)c2cccnc12. The minimum atomic E-state index is -1.10. The summed E-state index contributed by atoms with van der Waals surface area (Å²) in [5.74, 6) is -1.17. The van der Waals surface area contributed by atoms with Gasteiger partial charge in [-0.25, -0.2) is 14.2 Å². The second kappa shape index (κ2) is 16.9. The lowest BCUT2D eigenvalue weighted by Gasteiger charge is -2.40. The van der Waals surface area contributed by atoms with Crippen LogP contribution in [0.15, 0.2) is 60.9 Å². The maximum atomic E-state index is 15.4. The first kappa shape index (κ1) is 40.0. The summed E-state index contributed by atoms with van der Waals surface area (Å²) in [5.41, 5.74) is 1.95. The molecule has 314 valence electrons. The molecule has 2 N–H and O–H groups in total. The van der Waals surface area contributed by atoms with Crippen LogP contribution < -0.4 is 25.2 Å². The summed E-state index contributed by atoms with van der Waals surface area (Å²) in [6.45, 7) is 12.6. The summed E-state index contributed by atoms with van der Waals surface area (Å²) in [4.78, 5) is 83.7. The van der Waals surface area contributed by atoms with Crippen molar-refractivity contribution in [2.75, 3.05) is 55.6 Å². The molecule has 0 spiro atoms. The van der Waals surface area contributed by atoms with Gasteiger partial charge in [0.15, 0.2) is 0 Å². The van der Waals surface area contributed by atoms with Crippen LogP contribution in [-0.4, -0.2) is 113 Å². The van der Waals surface area contributed by atoms with Gasteiger partial charge in [-0.2, -0.15) is 0 Å². The molecular formula is C45H46FN9O6. The number of nitrogens with one attached hydrogen (secondary N) is 2. The predicted octanol–water partition coefficient (Wildman–Crippen LogP) is 4.88. The van der Waals surface area contributed by atoms with E-state index in [9.17, 15) is 24.0 Å². The highest BCUT2D eigenvalue weighted by Crippen LogP contribution is 2.36. The van der Waals surface area contributed by atoms with Gasteiger partial charge >= 0.3 is 0 Å². The number of ether oxygens (including phenoxy) is 1. The lowest BCUT2D eigenvalue weighted by Crippen LogP contribution is -2.54. The summed E-state index contributed by atoms with van der Waals surface area (Å²) in [5, 5.41) is 6.20. The Kier molecular flexibility index (Phi) is 11.1. The van der Waals surface area contributed by atoms with E-state index in [0.717, 1.165) is 99.2 Å². The van der Waals surface area contributed by atoms with Crippen molar-refractivity contribution in [1.29, 1.82) is 0 Å². The Morgan fingerprint density at radius 1 is 0.869 bits per heavy atom. The van der Waals surface area contributed by atoms with Crippen molar-refractivity contribution in [1.82, 2.24) is 30.4 Å². The van der Waals surface area contributed by atoms with Gasteiger partial charge in [-0.3, -0.25) is 44.1 Å². The molecule has 15 nitrogen and oxygen atoms in total. The third kappa shape index (κ3) is 8.09. The zero-order valence-electron chi connectivity index (χ0n) is 33.6. The molecule has 61 heavy (non-hydrogen) atoms. The standard InChI is InChI=1S/C45H46FN9O6/c1-47-35-9-11-38(31-3-2-16-48-41(31)35)61-30-7-5-29(6-8-30)50-42(57)28-4-12-39(49-25-28)54-17-14-27(15-18-54)26-52-19-21-53(22-20-52)37-24-33-32(23-34(37)46)44(59)55(45(33)60)36-10-13-40(56)51-43(36)58/h2-4,9,11-12,16,23-25,27,29-30,36H,5-8,10,13-15,17-22,26H2,(H,50,57)(H,51,56,58). The monoisotopic (exact) mass is 827 g/mol. The van der Waals surface area contributed by atoms with E-state index in [0.29, 0.717) is 35.8 Å². The Balaban J connectivity index is 0.709.